The number of benzene rings is 1. The van der Waals surface area contributed by atoms with Gasteiger partial charge in [-0.25, -0.2) is 4.99 Å². The quantitative estimate of drug-likeness (QED) is 0.607. The Bertz CT molecular complexity index is 494. The zero-order chi connectivity index (χ0) is 15.9. The van der Waals surface area contributed by atoms with Gasteiger partial charge in [0.05, 0.1) is 6.04 Å². The fourth-order valence-electron chi connectivity index (χ4n) is 3.71. The van der Waals surface area contributed by atoms with Gasteiger partial charge < -0.3 is 10.6 Å². The molecule has 1 aromatic rings. The summed E-state index contributed by atoms with van der Waals surface area (Å²) < 4.78 is 0. The molecule has 0 heterocycles. The predicted octanol–water partition coefficient (Wildman–Crippen LogP) is 5.02. The minimum atomic E-state index is 0.493. The highest BCUT2D eigenvalue weighted by Gasteiger charge is 2.17. The second-order valence-electron chi connectivity index (χ2n) is 7.24. The van der Waals surface area contributed by atoms with Crippen LogP contribution in [0.25, 0.3) is 0 Å². The maximum Gasteiger partial charge on any atom is 0.196 e. The first-order valence-corrected chi connectivity index (χ1v) is 9.47. The summed E-state index contributed by atoms with van der Waals surface area (Å²) in [7, 11) is 0. The smallest absolute Gasteiger partial charge is 0.196 e. The number of aliphatic imine (C=N–C) groups is 1. The summed E-state index contributed by atoms with van der Waals surface area (Å²) in [6.45, 7) is 2.13. The van der Waals surface area contributed by atoms with Crippen LogP contribution in [-0.4, -0.2) is 18.0 Å². The maximum atomic E-state index is 5.04. The summed E-state index contributed by atoms with van der Waals surface area (Å²) in [6, 6.07) is 9.68. The zero-order valence-electron chi connectivity index (χ0n) is 14.5. The molecule has 0 spiro atoms. The van der Waals surface area contributed by atoms with Gasteiger partial charge in [-0.1, -0.05) is 56.2 Å². The molecule has 0 amide bonds. The Kier molecular flexibility index (Phi) is 5.95. The largest absolute Gasteiger partial charge is 0.353 e. The molecule has 0 aliphatic heterocycles. The average Bonchev–Trinajstić information content (AvgIpc) is 2.59. The second-order valence-corrected chi connectivity index (χ2v) is 7.24. The molecule has 0 aromatic heterocycles. The van der Waals surface area contributed by atoms with Crippen LogP contribution in [0.5, 0.6) is 0 Å². The SMILES string of the molecule is Cc1ccc(NC(=NC2CCCCC2)NC2CCCCC2)cc1. The van der Waals surface area contributed by atoms with E-state index in [0.29, 0.717) is 12.1 Å². The molecule has 3 nitrogen and oxygen atoms in total. The van der Waals surface area contributed by atoms with E-state index in [2.05, 4.69) is 41.8 Å². The molecular formula is C20H31N3. The van der Waals surface area contributed by atoms with Gasteiger partial charge in [-0.15, -0.1) is 0 Å². The second kappa shape index (κ2) is 8.37. The molecule has 0 unspecified atom stereocenters. The molecule has 1 aromatic carbocycles. The number of nitrogens with one attached hydrogen (secondary N) is 2. The molecule has 126 valence electrons. The summed E-state index contributed by atoms with van der Waals surface area (Å²) in [5.74, 6) is 0.993. The van der Waals surface area contributed by atoms with Crippen LogP contribution in [0.1, 0.15) is 69.8 Å². The molecule has 2 aliphatic carbocycles. The zero-order valence-corrected chi connectivity index (χ0v) is 14.5. The van der Waals surface area contributed by atoms with Crippen molar-refractivity contribution in [2.45, 2.75) is 83.2 Å². The van der Waals surface area contributed by atoms with Gasteiger partial charge in [-0.05, 0) is 44.7 Å². The van der Waals surface area contributed by atoms with Crippen LogP contribution in [0.2, 0.25) is 0 Å². The van der Waals surface area contributed by atoms with Crippen LogP contribution in [0.4, 0.5) is 5.69 Å². The number of hydrogen-bond donors (Lipinski definition) is 2. The molecule has 0 radical (unpaired) electrons. The lowest BCUT2D eigenvalue weighted by Gasteiger charge is -2.27. The molecule has 2 N–H and O–H groups in total. The van der Waals surface area contributed by atoms with Gasteiger partial charge in [0.25, 0.3) is 0 Å². The molecule has 0 saturated heterocycles. The van der Waals surface area contributed by atoms with E-state index in [-0.39, 0.29) is 0 Å². The Balaban J connectivity index is 1.68. The van der Waals surface area contributed by atoms with Crippen LogP contribution in [-0.2, 0) is 0 Å². The topological polar surface area (TPSA) is 36.4 Å². The first-order chi connectivity index (χ1) is 11.3. The number of aryl methyl sites for hydroxylation is 1. The van der Waals surface area contributed by atoms with Crippen molar-refractivity contribution in [1.29, 1.82) is 0 Å². The monoisotopic (exact) mass is 313 g/mol. The summed E-state index contributed by atoms with van der Waals surface area (Å²) in [5.41, 5.74) is 2.43. The Morgan fingerprint density at radius 1 is 0.870 bits per heavy atom. The molecular weight excluding hydrogens is 282 g/mol. The van der Waals surface area contributed by atoms with Crippen molar-refractivity contribution in [3.8, 4) is 0 Å². The van der Waals surface area contributed by atoms with Crippen molar-refractivity contribution in [3.05, 3.63) is 29.8 Å². The van der Waals surface area contributed by atoms with Gasteiger partial charge in [0, 0.05) is 11.7 Å². The van der Waals surface area contributed by atoms with Crippen LogP contribution in [0.3, 0.4) is 0 Å². The third kappa shape index (κ3) is 5.26. The van der Waals surface area contributed by atoms with Crippen molar-refractivity contribution in [2.75, 3.05) is 5.32 Å². The lowest BCUT2D eigenvalue weighted by atomic mass is 9.95. The maximum absolute atomic E-state index is 5.04. The van der Waals surface area contributed by atoms with Crippen LogP contribution in [0, 0.1) is 6.92 Å². The normalized spacial score (nSPS) is 21.2. The molecule has 3 heteroatoms. The fourth-order valence-corrected chi connectivity index (χ4v) is 3.71. The number of hydrogen-bond acceptors (Lipinski definition) is 1. The molecule has 23 heavy (non-hydrogen) atoms. The van der Waals surface area contributed by atoms with Crippen molar-refractivity contribution < 1.29 is 0 Å². The molecule has 2 fully saturated rings. The number of anilines is 1. The van der Waals surface area contributed by atoms with Crippen LogP contribution in [0.15, 0.2) is 29.3 Å². The van der Waals surface area contributed by atoms with Crippen molar-refractivity contribution in [1.82, 2.24) is 5.32 Å². The van der Waals surface area contributed by atoms with E-state index in [1.165, 1.54) is 69.8 Å². The number of guanidine groups is 1. The Hall–Kier alpha value is -1.51. The van der Waals surface area contributed by atoms with E-state index < -0.39 is 0 Å². The van der Waals surface area contributed by atoms with E-state index in [4.69, 9.17) is 4.99 Å². The minimum absolute atomic E-state index is 0.493. The van der Waals surface area contributed by atoms with Crippen molar-refractivity contribution in [3.63, 3.8) is 0 Å². The lowest BCUT2D eigenvalue weighted by molar-refractivity contribution is 0.408. The minimum Gasteiger partial charge on any atom is -0.353 e. The predicted molar refractivity (Wildman–Crippen MR) is 99.1 cm³/mol. The number of rotatable bonds is 3. The van der Waals surface area contributed by atoms with E-state index in [9.17, 15) is 0 Å². The van der Waals surface area contributed by atoms with Gasteiger partial charge in [0.15, 0.2) is 5.96 Å². The van der Waals surface area contributed by atoms with E-state index in [1.807, 2.05) is 0 Å². The highest BCUT2D eigenvalue weighted by Crippen LogP contribution is 2.21. The first kappa shape index (κ1) is 16.4. The first-order valence-electron chi connectivity index (χ1n) is 9.47. The van der Waals surface area contributed by atoms with E-state index >= 15 is 0 Å². The summed E-state index contributed by atoms with van der Waals surface area (Å²) in [4.78, 5) is 5.04. The fraction of sp³-hybridized carbons (Fsp3) is 0.650. The summed E-state index contributed by atoms with van der Waals surface area (Å²) >= 11 is 0. The Morgan fingerprint density at radius 2 is 1.48 bits per heavy atom. The Morgan fingerprint density at radius 3 is 2.13 bits per heavy atom. The van der Waals surface area contributed by atoms with Gasteiger partial charge >= 0.3 is 0 Å². The highest BCUT2D eigenvalue weighted by atomic mass is 15.2. The van der Waals surface area contributed by atoms with Gasteiger partial charge in [-0.3, -0.25) is 0 Å². The summed E-state index contributed by atoms with van der Waals surface area (Å²) in [6.07, 6.45) is 13.2. The van der Waals surface area contributed by atoms with Gasteiger partial charge in [-0.2, -0.15) is 0 Å². The molecule has 0 atom stereocenters. The summed E-state index contributed by atoms with van der Waals surface area (Å²) in [5, 5.41) is 7.24. The van der Waals surface area contributed by atoms with E-state index in [0.717, 1.165) is 11.6 Å². The van der Waals surface area contributed by atoms with Gasteiger partial charge in [0.1, 0.15) is 0 Å². The number of nitrogens with zero attached hydrogens (tertiary/aromatic N) is 1. The molecule has 2 aliphatic rings. The van der Waals surface area contributed by atoms with Crippen molar-refractivity contribution in [2.24, 2.45) is 4.99 Å². The average molecular weight is 313 g/mol. The lowest BCUT2D eigenvalue weighted by Crippen LogP contribution is -2.41. The van der Waals surface area contributed by atoms with Crippen LogP contribution < -0.4 is 10.6 Å². The third-order valence-electron chi connectivity index (χ3n) is 5.15. The van der Waals surface area contributed by atoms with Crippen LogP contribution >= 0.6 is 0 Å². The molecule has 3 rings (SSSR count). The van der Waals surface area contributed by atoms with E-state index in [1.54, 1.807) is 0 Å². The van der Waals surface area contributed by atoms with Gasteiger partial charge in [0.2, 0.25) is 0 Å². The standard InChI is InChI=1S/C20H31N3/c1-16-12-14-19(15-13-16)23-20(21-17-8-4-2-5-9-17)22-18-10-6-3-7-11-18/h12-15,17-18H,2-11H2,1H3,(H2,21,22,23). The molecule has 2 saturated carbocycles. The third-order valence-corrected chi connectivity index (χ3v) is 5.15. The van der Waals surface area contributed by atoms with Crippen molar-refractivity contribution >= 4 is 11.6 Å². The Labute approximate surface area is 141 Å². The highest BCUT2D eigenvalue weighted by molar-refractivity contribution is 5.94. The molecule has 0 bridgehead atoms.